The standard InChI is InChI=1S/C13H12F3N3O2S/c14-13(15,16)9-3-1-2-8(4-9)10-5-11(10)19-22(20,21)12-6-17-7-18-12/h1-4,6-7,10-11,19H,5H2,(H,17,18)/t10-,11-/m1/s1. The fourth-order valence-corrected chi connectivity index (χ4v) is 3.49. The van der Waals surface area contributed by atoms with Gasteiger partial charge in [-0.15, -0.1) is 0 Å². The molecular weight excluding hydrogens is 319 g/mol. The lowest BCUT2D eigenvalue weighted by molar-refractivity contribution is -0.137. The quantitative estimate of drug-likeness (QED) is 0.902. The molecule has 1 aromatic carbocycles. The van der Waals surface area contributed by atoms with Crippen LogP contribution in [0.5, 0.6) is 0 Å². The van der Waals surface area contributed by atoms with Gasteiger partial charge in [-0.2, -0.15) is 13.2 Å². The Kier molecular flexibility index (Phi) is 3.48. The number of aromatic nitrogens is 2. The summed E-state index contributed by atoms with van der Waals surface area (Å²) < 4.78 is 64.5. The number of hydrogen-bond donors (Lipinski definition) is 2. The molecule has 0 spiro atoms. The topological polar surface area (TPSA) is 74.8 Å². The van der Waals surface area contributed by atoms with Crippen LogP contribution in [0.1, 0.15) is 23.5 Å². The summed E-state index contributed by atoms with van der Waals surface area (Å²) in [5, 5.41) is -0.0674. The predicted molar refractivity (Wildman–Crippen MR) is 71.5 cm³/mol. The van der Waals surface area contributed by atoms with Gasteiger partial charge in [0, 0.05) is 12.0 Å². The van der Waals surface area contributed by atoms with Crippen LogP contribution < -0.4 is 4.72 Å². The minimum absolute atomic E-state index is 0.0674. The first kappa shape index (κ1) is 15.0. The fourth-order valence-electron chi connectivity index (χ4n) is 2.29. The number of benzene rings is 1. The lowest BCUT2D eigenvalue weighted by Crippen LogP contribution is -2.27. The van der Waals surface area contributed by atoms with Gasteiger partial charge in [0.1, 0.15) is 0 Å². The molecule has 0 aliphatic heterocycles. The van der Waals surface area contributed by atoms with Crippen LogP contribution >= 0.6 is 0 Å². The number of hydrogen-bond acceptors (Lipinski definition) is 3. The van der Waals surface area contributed by atoms with E-state index in [1.54, 1.807) is 6.07 Å². The molecule has 0 saturated heterocycles. The molecule has 22 heavy (non-hydrogen) atoms. The number of sulfonamides is 1. The van der Waals surface area contributed by atoms with Crippen molar-refractivity contribution in [1.29, 1.82) is 0 Å². The minimum Gasteiger partial charge on any atom is -0.335 e. The van der Waals surface area contributed by atoms with E-state index in [0.717, 1.165) is 12.1 Å². The molecule has 2 aromatic rings. The van der Waals surface area contributed by atoms with Gasteiger partial charge in [0.25, 0.3) is 10.0 Å². The third-order valence-corrected chi connectivity index (χ3v) is 4.92. The second kappa shape index (κ2) is 5.10. The average Bonchev–Trinajstić information content (AvgIpc) is 2.97. The van der Waals surface area contributed by atoms with Crippen molar-refractivity contribution in [3.8, 4) is 0 Å². The molecule has 3 rings (SSSR count). The Morgan fingerprint density at radius 1 is 1.32 bits per heavy atom. The van der Waals surface area contributed by atoms with Gasteiger partial charge in [0.15, 0.2) is 5.03 Å². The molecule has 2 atom stereocenters. The first-order chi connectivity index (χ1) is 10.3. The van der Waals surface area contributed by atoms with Crippen molar-refractivity contribution < 1.29 is 21.6 Å². The fraction of sp³-hybridized carbons (Fsp3) is 0.308. The monoisotopic (exact) mass is 331 g/mol. The van der Waals surface area contributed by atoms with Gasteiger partial charge in [-0.1, -0.05) is 18.2 Å². The smallest absolute Gasteiger partial charge is 0.335 e. The first-order valence-corrected chi connectivity index (χ1v) is 7.93. The number of halogens is 3. The molecule has 1 aromatic heterocycles. The highest BCUT2D eigenvalue weighted by atomic mass is 32.2. The Balaban J connectivity index is 1.73. The van der Waals surface area contributed by atoms with Crippen LogP contribution in [0.2, 0.25) is 0 Å². The summed E-state index contributed by atoms with van der Waals surface area (Å²) in [6.07, 6.45) is -1.53. The number of imidazole rings is 1. The third-order valence-electron chi connectivity index (χ3n) is 3.50. The Bertz CT molecular complexity index is 772. The summed E-state index contributed by atoms with van der Waals surface area (Å²) in [5.41, 5.74) is -0.251. The largest absolute Gasteiger partial charge is 0.416 e. The van der Waals surface area contributed by atoms with E-state index in [1.165, 1.54) is 18.6 Å². The van der Waals surface area contributed by atoms with Gasteiger partial charge in [-0.05, 0) is 18.1 Å². The highest BCUT2D eigenvalue weighted by Crippen LogP contribution is 2.43. The molecule has 1 aliphatic carbocycles. The molecular formula is C13H12F3N3O2S. The van der Waals surface area contributed by atoms with E-state index in [4.69, 9.17) is 0 Å². The second-order valence-electron chi connectivity index (χ2n) is 5.11. The van der Waals surface area contributed by atoms with Crippen molar-refractivity contribution in [2.45, 2.75) is 29.6 Å². The molecule has 0 unspecified atom stereocenters. The maximum Gasteiger partial charge on any atom is 0.416 e. The molecule has 0 radical (unpaired) electrons. The predicted octanol–water partition coefficient (Wildman–Crippen LogP) is 2.26. The van der Waals surface area contributed by atoms with E-state index in [-0.39, 0.29) is 10.9 Å². The van der Waals surface area contributed by atoms with Gasteiger partial charge >= 0.3 is 6.18 Å². The van der Waals surface area contributed by atoms with Gasteiger partial charge in [-0.3, -0.25) is 0 Å². The van der Waals surface area contributed by atoms with Gasteiger partial charge < -0.3 is 4.98 Å². The normalized spacial score (nSPS) is 21.8. The molecule has 0 bridgehead atoms. The zero-order valence-electron chi connectivity index (χ0n) is 11.1. The van der Waals surface area contributed by atoms with E-state index in [9.17, 15) is 21.6 Å². The van der Waals surface area contributed by atoms with Crippen molar-refractivity contribution in [3.63, 3.8) is 0 Å². The van der Waals surface area contributed by atoms with Crippen molar-refractivity contribution in [2.75, 3.05) is 0 Å². The van der Waals surface area contributed by atoms with E-state index in [2.05, 4.69) is 14.7 Å². The highest BCUT2D eigenvalue weighted by molar-refractivity contribution is 7.89. The van der Waals surface area contributed by atoms with E-state index in [0.29, 0.717) is 12.0 Å². The molecule has 1 fully saturated rings. The van der Waals surface area contributed by atoms with E-state index < -0.39 is 27.8 Å². The van der Waals surface area contributed by atoms with Crippen molar-refractivity contribution in [3.05, 3.63) is 47.9 Å². The van der Waals surface area contributed by atoms with Crippen molar-refractivity contribution >= 4 is 10.0 Å². The number of rotatable bonds is 4. The summed E-state index contributed by atoms with van der Waals surface area (Å²) in [7, 11) is -3.72. The lowest BCUT2D eigenvalue weighted by atomic mass is 10.1. The van der Waals surface area contributed by atoms with E-state index >= 15 is 0 Å². The van der Waals surface area contributed by atoms with Crippen LogP contribution in [-0.4, -0.2) is 24.4 Å². The Hall–Kier alpha value is -1.87. The number of nitrogens with one attached hydrogen (secondary N) is 2. The minimum atomic E-state index is -4.41. The summed E-state index contributed by atoms with van der Waals surface area (Å²) in [4.78, 5) is 6.12. The van der Waals surface area contributed by atoms with Crippen LogP contribution in [0.25, 0.3) is 0 Å². The summed E-state index contributed by atoms with van der Waals surface area (Å²) in [6, 6.07) is 4.56. The lowest BCUT2D eigenvalue weighted by Gasteiger charge is -2.09. The summed E-state index contributed by atoms with van der Waals surface area (Å²) in [5.74, 6) is -0.250. The van der Waals surface area contributed by atoms with Gasteiger partial charge in [0.05, 0.1) is 18.1 Å². The maximum atomic E-state index is 12.7. The molecule has 1 heterocycles. The van der Waals surface area contributed by atoms with Crippen LogP contribution in [0, 0.1) is 0 Å². The number of aromatic amines is 1. The Morgan fingerprint density at radius 3 is 2.73 bits per heavy atom. The summed E-state index contributed by atoms with van der Waals surface area (Å²) in [6.45, 7) is 0. The third kappa shape index (κ3) is 3.00. The summed E-state index contributed by atoms with van der Waals surface area (Å²) >= 11 is 0. The molecule has 0 amide bonds. The van der Waals surface area contributed by atoms with Crippen LogP contribution in [0.3, 0.4) is 0 Å². The zero-order chi connectivity index (χ0) is 16.0. The van der Waals surface area contributed by atoms with Crippen LogP contribution in [0.15, 0.2) is 41.8 Å². The maximum absolute atomic E-state index is 12.7. The number of H-pyrrole nitrogens is 1. The molecule has 1 saturated carbocycles. The zero-order valence-corrected chi connectivity index (χ0v) is 11.9. The van der Waals surface area contributed by atoms with E-state index in [1.807, 2.05) is 0 Å². The molecule has 118 valence electrons. The molecule has 2 N–H and O–H groups in total. The molecule has 5 nitrogen and oxygen atoms in total. The first-order valence-electron chi connectivity index (χ1n) is 6.45. The Labute approximate surface area is 124 Å². The highest BCUT2D eigenvalue weighted by Gasteiger charge is 2.42. The Morgan fingerprint density at radius 2 is 2.09 bits per heavy atom. The van der Waals surface area contributed by atoms with Crippen LogP contribution in [-0.2, 0) is 16.2 Å². The van der Waals surface area contributed by atoms with Crippen LogP contribution in [0.4, 0.5) is 13.2 Å². The average molecular weight is 331 g/mol. The number of nitrogens with zero attached hydrogens (tertiary/aromatic N) is 1. The van der Waals surface area contributed by atoms with Crippen molar-refractivity contribution in [1.82, 2.24) is 14.7 Å². The second-order valence-corrected chi connectivity index (χ2v) is 6.79. The van der Waals surface area contributed by atoms with Crippen molar-refractivity contribution in [2.24, 2.45) is 0 Å². The molecule has 9 heteroatoms. The van der Waals surface area contributed by atoms with Gasteiger partial charge in [0.2, 0.25) is 0 Å². The van der Waals surface area contributed by atoms with Gasteiger partial charge in [-0.25, -0.2) is 18.1 Å². The molecule has 1 aliphatic rings. The number of alkyl halides is 3. The SMILES string of the molecule is O=S(=O)(N[C@@H]1C[C@@H]1c1cccc(C(F)(F)F)c1)c1cnc[nH]1.